The van der Waals surface area contributed by atoms with Crippen LogP contribution in [0.25, 0.3) is 0 Å². The predicted molar refractivity (Wildman–Crippen MR) is 106 cm³/mol. The second-order valence-electron chi connectivity index (χ2n) is 4.56. The van der Waals surface area contributed by atoms with Gasteiger partial charge in [0, 0.05) is 19.8 Å². The summed E-state index contributed by atoms with van der Waals surface area (Å²) in [5.74, 6) is 0.666. The zero-order valence-corrected chi connectivity index (χ0v) is 12.2. The first-order valence-corrected chi connectivity index (χ1v) is 6.77. The Morgan fingerprint density at radius 3 is 1.33 bits per heavy atom. The van der Waals surface area contributed by atoms with E-state index in [0.29, 0.717) is 12.0 Å². The van der Waals surface area contributed by atoms with E-state index in [2.05, 4.69) is 41.5 Å². The highest BCUT2D eigenvalue weighted by molar-refractivity contribution is 4.46. The lowest BCUT2D eigenvalue weighted by atomic mass is 10.2. The van der Waals surface area contributed by atoms with Crippen molar-refractivity contribution in [3.8, 4) is 0 Å². The molecule has 0 aromatic carbocycles. The van der Waals surface area contributed by atoms with Crippen LogP contribution in [0, 0.1) is 5.92 Å². The quantitative estimate of drug-likeness (QED) is 0.433. The van der Waals surface area contributed by atoms with Crippen molar-refractivity contribution in [3.05, 3.63) is 0 Å². The standard InChI is InChI=1S/C8H18O.C6H14O.5CH4/c1-5-8(4)9-6-7(2)3;1-3-5-7-6-4-2;;;;;/h7-8H,5-6H2,1-4H3;3-6H2,1-2H3;5*1H4. The molecule has 21 heavy (non-hydrogen) atoms. The number of rotatable bonds is 8. The van der Waals surface area contributed by atoms with Crippen molar-refractivity contribution in [1.82, 2.24) is 0 Å². The lowest BCUT2D eigenvalue weighted by molar-refractivity contribution is 0.0455. The van der Waals surface area contributed by atoms with Crippen molar-refractivity contribution in [2.75, 3.05) is 19.8 Å². The van der Waals surface area contributed by atoms with Gasteiger partial charge in [0.15, 0.2) is 0 Å². The molecule has 0 aromatic heterocycles. The molecule has 0 saturated heterocycles. The van der Waals surface area contributed by atoms with Gasteiger partial charge >= 0.3 is 0 Å². The fraction of sp³-hybridized carbons (Fsp3) is 1.00. The van der Waals surface area contributed by atoms with E-state index in [1.807, 2.05) is 0 Å². The molecule has 2 nitrogen and oxygen atoms in total. The predicted octanol–water partition coefficient (Wildman–Crippen LogP) is 7.46. The average Bonchev–Trinajstić information content (AvgIpc) is 2.27. The molecule has 0 N–H and O–H groups in total. The molecule has 0 radical (unpaired) electrons. The van der Waals surface area contributed by atoms with E-state index in [-0.39, 0.29) is 37.1 Å². The molecule has 0 aliphatic rings. The molecular weight excluding hydrogens is 260 g/mol. The van der Waals surface area contributed by atoms with Gasteiger partial charge in [0.25, 0.3) is 0 Å². The minimum atomic E-state index is 0. The Hall–Kier alpha value is -0.0800. The molecular formula is C19H52O2. The molecule has 0 saturated carbocycles. The molecule has 0 spiro atoms. The summed E-state index contributed by atoms with van der Waals surface area (Å²) >= 11 is 0. The highest BCUT2D eigenvalue weighted by Crippen LogP contribution is 1.99. The second-order valence-corrected chi connectivity index (χ2v) is 4.56. The Morgan fingerprint density at radius 2 is 1.10 bits per heavy atom. The molecule has 0 aliphatic heterocycles. The van der Waals surface area contributed by atoms with Crippen molar-refractivity contribution in [2.24, 2.45) is 5.92 Å². The molecule has 2 heteroatoms. The Kier molecular flexibility index (Phi) is 75.1. The zero-order chi connectivity index (χ0) is 12.8. The van der Waals surface area contributed by atoms with Crippen molar-refractivity contribution < 1.29 is 9.47 Å². The van der Waals surface area contributed by atoms with Crippen LogP contribution in [0.3, 0.4) is 0 Å². The topological polar surface area (TPSA) is 18.5 Å². The van der Waals surface area contributed by atoms with Gasteiger partial charge in [-0.15, -0.1) is 0 Å². The third-order valence-electron chi connectivity index (χ3n) is 1.99. The summed E-state index contributed by atoms with van der Waals surface area (Å²) in [4.78, 5) is 0. The minimum absolute atomic E-state index is 0. The van der Waals surface area contributed by atoms with Crippen molar-refractivity contribution in [3.63, 3.8) is 0 Å². The molecule has 140 valence electrons. The van der Waals surface area contributed by atoms with Crippen LogP contribution in [-0.4, -0.2) is 25.9 Å². The summed E-state index contributed by atoms with van der Waals surface area (Å²) in [5, 5.41) is 0. The number of ether oxygens (including phenoxy) is 2. The van der Waals surface area contributed by atoms with Gasteiger partial charge in [-0.25, -0.2) is 0 Å². The van der Waals surface area contributed by atoms with E-state index in [1.165, 1.54) is 0 Å². The maximum absolute atomic E-state index is 5.45. The molecule has 0 fully saturated rings. The maximum Gasteiger partial charge on any atom is 0.0544 e. The van der Waals surface area contributed by atoms with E-state index in [1.54, 1.807) is 0 Å². The molecule has 1 atom stereocenters. The van der Waals surface area contributed by atoms with E-state index < -0.39 is 0 Å². The highest BCUT2D eigenvalue weighted by Gasteiger charge is 1.98. The molecule has 1 unspecified atom stereocenters. The van der Waals surface area contributed by atoms with Gasteiger partial charge < -0.3 is 9.47 Å². The van der Waals surface area contributed by atoms with E-state index in [9.17, 15) is 0 Å². The minimum Gasteiger partial charge on any atom is -0.381 e. The second kappa shape index (κ2) is 36.8. The Bertz CT molecular complexity index is 110. The SMILES string of the molecule is C.C.C.C.C.CCC(C)OCC(C)C.CCCOCCC. The smallest absolute Gasteiger partial charge is 0.0544 e. The molecule has 0 amide bonds. The maximum atomic E-state index is 5.45. The van der Waals surface area contributed by atoms with Gasteiger partial charge in [-0.1, -0.05) is 71.8 Å². The van der Waals surface area contributed by atoms with Crippen LogP contribution in [0.15, 0.2) is 0 Å². The van der Waals surface area contributed by atoms with Gasteiger partial charge in [-0.2, -0.15) is 0 Å². The molecule has 0 heterocycles. The van der Waals surface area contributed by atoms with E-state index in [4.69, 9.17) is 9.47 Å². The number of hydrogen-bond acceptors (Lipinski definition) is 2. The molecule has 0 aromatic rings. The molecule has 0 rings (SSSR count). The Labute approximate surface area is 140 Å². The summed E-state index contributed by atoms with van der Waals surface area (Å²) in [6.45, 7) is 15.6. The normalized spacial score (nSPS) is 9.29. The fourth-order valence-electron chi connectivity index (χ4n) is 0.865. The fourth-order valence-corrected chi connectivity index (χ4v) is 0.865. The van der Waals surface area contributed by atoms with Crippen molar-refractivity contribution >= 4 is 0 Å². The van der Waals surface area contributed by atoms with Crippen molar-refractivity contribution in [2.45, 2.75) is 104 Å². The van der Waals surface area contributed by atoms with E-state index >= 15 is 0 Å². The van der Waals surface area contributed by atoms with Gasteiger partial charge in [0.2, 0.25) is 0 Å². The van der Waals surface area contributed by atoms with E-state index in [0.717, 1.165) is 39.1 Å². The largest absolute Gasteiger partial charge is 0.381 e. The van der Waals surface area contributed by atoms with Crippen LogP contribution in [0.5, 0.6) is 0 Å². The zero-order valence-electron chi connectivity index (χ0n) is 12.2. The lowest BCUT2D eigenvalue weighted by Gasteiger charge is -2.11. The van der Waals surface area contributed by atoms with Gasteiger partial charge in [0.05, 0.1) is 6.10 Å². The first kappa shape index (κ1) is 42.8. The van der Waals surface area contributed by atoms with Gasteiger partial charge in [-0.3, -0.25) is 0 Å². The summed E-state index contributed by atoms with van der Waals surface area (Å²) in [5.41, 5.74) is 0. The molecule has 0 aliphatic carbocycles. The summed E-state index contributed by atoms with van der Waals surface area (Å²) in [6, 6.07) is 0. The highest BCUT2D eigenvalue weighted by atomic mass is 16.5. The Balaban J connectivity index is -0.0000000307. The van der Waals surface area contributed by atoms with Crippen LogP contribution in [0.4, 0.5) is 0 Å². The third-order valence-corrected chi connectivity index (χ3v) is 1.99. The van der Waals surface area contributed by atoms with Crippen LogP contribution in [0.1, 0.15) is 97.9 Å². The number of hydrogen-bond donors (Lipinski definition) is 0. The lowest BCUT2D eigenvalue weighted by Crippen LogP contribution is -2.10. The van der Waals surface area contributed by atoms with Crippen molar-refractivity contribution in [1.29, 1.82) is 0 Å². The van der Waals surface area contributed by atoms with Gasteiger partial charge in [0.1, 0.15) is 0 Å². The first-order valence-electron chi connectivity index (χ1n) is 6.77. The summed E-state index contributed by atoms with van der Waals surface area (Å²) in [7, 11) is 0. The van der Waals surface area contributed by atoms with Gasteiger partial charge in [-0.05, 0) is 32.1 Å². The Morgan fingerprint density at radius 1 is 0.714 bits per heavy atom. The monoisotopic (exact) mass is 312 g/mol. The average molecular weight is 313 g/mol. The van der Waals surface area contributed by atoms with Crippen LogP contribution >= 0.6 is 0 Å². The summed E-state index contributed by atoms with van der Waals surface area (Å²) in [6.07, 6.45) is 3.83. The first-order chi connectivity index (χ1) is 7.58. The summed E-state index contributed by atoms with van der Waals surface area (Å²) < 4.78 is 10.6. The third kappa shape index (κ3) is 53.6. The van der Waals surface area contributed by atoms with Crippen LogP contribution < -0.4 is 0 Å². The van der Waals surface area contributed by atoms with Crippen LogP contribution in [0.2, 0.25) is 0 Å². The molecule has 0 bridgehead atoms. The van der Waals surface area contributed by atoms with Crippen LogP contribution in [-0.2, 0) is 9.47 Å².